The third-order valence-electron chi connectivity index (χ3n) is 5.43. The number of aromatic carboxylic acids is 1. The normalized spacial score (nSPS) is 15.9. The second-order valence-corrected chi connectivity index (χ2v) is 8.95. The number of nitrogens with one attached hydrogen (secondary N) is 2. The topological polar surface area (TPSA) is 124 Å². The molecule has 34 heavy (non-hydrogen) atoms. The number of carboxylic acids is 1. The van der Waals surface area contributed by atoms with Crippen LogP contribution in [0, 0.1) is 11.6 Å². The first-order valence-corrected chi connectivity index (χ1v) is 11.8. The molecular formula is C21H25ClF2N4O5S. The van der Waals surface area contributed by atoms with Crippen molar-refractivity contribution in [1.29, 1.82) is 0 Å². The molecule has 1 aromatic carbocycles. The Morgan fingerprint density at radius 2 is 2.03 bits per heavy atom. The summed E-state index contributed by atoms with van der Waals surface area (Å²) in [5.74, 6) is -3.66. The highest BCUT2D eigenvalue weighted by atomic mass is 35.5. The number of halogens is 3. The molecular weight excluding hydrogens is 494 g/mol. The summed E-state index contributed by atoms with van der Waals surface area (Å²) < 4.78 is 36.9. The molecule has 1 saturated heterocycles. The van der Waals surface area contributed by atoms with Crippen LogP contribution >= 0.6 is 23.1 Å². The number of rotatable bonds is 11. The number of aliphatic hydroxyl groups excluding tert-OH is 1. The Hall–Kier alpha value is -2.54. The molecule has 186 valence electrons. The lowest BCUT2D eigenvalue weighted by atomic mass is 10.2. The van der Waals surface area contributed by atoms with Gasteiger partial charge in [0.1, 0.15) is 23.2 Å². The Labute approximate surface area is 203 Å². The van der Waals surface area contributed by atoms with Crippen molar-refractivity contribution in [3.63, 3.8) is 0 Å². The smallest absolute Gasteiger partial charge is 0.344 e. The number of aromatic nitrogens is 1. The highest BCUT2D eigenvalue weighted by Gasteiger charge is 2.25. The van der Waals surface area contributed by atoms with Crippen LogP contribution < -0.4 is 15.4 Å². The van der Waals surface area contributed by atoms with E-state index in [9.17, 15) is 28.6 Å². The fourth-order valence-electron chi connectivity index (χ4n) is 3.68. The molecule has 1 fully saturated rings. The first-order valence-electron chi connectivity index (χ1n) is 10.7. The van der Waals surface area contributed by atoms with Gasteiger partial charge >= 0.3 is 12.0 Å². The summed E-state index contributed by atoms with van der Waals surface area (Å²) in [7, 11) is 0. The number of aliphatic hydroxyl groups is 1. The number of anilines is 1. The summed E-state index contributed by atoms with van der Waals surface area (Å²) in [6.45, 7) is 1.71. The lowest BCUT2D eigenvalue weighted by Gasteiger charge is -2.22. The zero-order valence-electron chi connectivity index (χ0n) is 18.2. The maximum Gasteiger partial charge on any atom is 0.344 e. The molecule has 4 N–H and O–H groups in total. The second kappa shape index (κ2) is 12.2. The van der Waals surface area contributed by atoms with Crippen LogP contribution in [0.25, 0.3) is 0 Å². The molecule has 0 aliphatic carbocycles. The minimum Gasteiger partial charge on any atom is -0.477 e. The van der Waals surface area contributed by atoms with E-state index in [1.165, 1.54) is 0 Å². The quantitative estimate of drug-likeness (QED) is 0.334. The minimum atomic E-state index is -1.42. The van der Waals surface area contributed by atoms with E-state index in [4.69, 9.17) is 16.3 Å². The van der Waals surface area contributed by atoms with Gasteiger partial charge in [-0.25, -0.2) is 18.4 Å². The first kappa shape index (κ1) is 26.1. The van der Waals surface area contributed by atoms with Crippen molar-refractivity contribution in [2.75, 3.05) is 31.6 Å². The number of carbonyl (C=O) groups is 2. The van der Waals surface area contributed by atoms with Crippen molar-refractivity contribution < 1.29 is 33.3 Å². The highest BCUT2D eigenvalue weighted by Crippen LogP contribution is 2.31. The summed E-state index contributed by atoms with van der Waals surface area (Å²) in [6, 6.07) is 1.43. The van der Waals surface area contributed by atoms with E-state index in [1.54, 1.807) is 0 Å². The Morgan fingerprint density at radius 3 is 2.71 bits per heavy atom. The van der Waals surface area contributed by atoms with Gasteiger partial charge < -0.3 is 20.3 Å². The van der Waals surface area contributed by atoms with Crippen LogP contribution in [0.15, 0.2) is 12.1 Å². The fourth-order valence-corrected chi connectivity index (χ4v) is 4.60. The third kappa shape index (κ3) is 6.75. The molecule has 13 heteroatoms. The van der Waals surface area contributed by atoms with Crippen LogP contribution in [-0.2, 0) is 6.61 Å². The third-order valence-corrected chi connectivity index (χ3v) is 6.39. The van der Waals surface area contributed by atoms with Crippen molar-refractivity contribution in [2.45, 2.75) is 38.3 Å². The Kier molecular flexibility index (Phi) is 9.39. The Morgan fingerprint density at radius 1 is 1.29 bits per heavy atom. The maximum atomic E-state index is 13.9. The van der Waals surface area contributed by atoms with Gasteiger partial charge in [0.15, 0.2) is 5.56 Å². The molecule has 0 spiro atoms. The Balaban J connectivity index is 1.50. The van der Waals surface area contributed by atoms with Crippen molar-refractivity contribution in [3.8, 4) is 5.88 Å². The molecule has 3 rings (SSSR count). The first-order chi connectivity index (χ1) is 16.3. The van der Waals surface area contributed by atoms with Crippen molar-refractivity contribution >= 4 is 40.1 Å². The summed E-state index contributed by atoms with van der Waals surface area (Å²) in [5.41, 5.74) is -0.848. The van der Waals surface area contributed by atoms with Crippen LogP contribution in [0.1, 0.15) is 41.6 Å². The molecule has 2 heterocycles. The number of ether oxygens (including phenoxy) is 1. The van der Waals surface area contributed by atoms with Gasteiger partial charge in [-0.15, -0.1) is 0 Å². The highest BCUT2D eigenvalue weighted by molar-refractivity contribution is 7.11. The largest absolute Gasteiger partial charge is 0.477 e. The maximum absolute atomic E-state index is 13.9. The van der Waals surface area contributed by atoms with E-state index in [0.29, 0.717) is 24.5 Å². The lowest BCUT2D eigenvalue weighted by Crippen LogP contribution is -2.34. The van der Waals surface area contributed by atoms with Gasteiger partial charge in [0.05, 0.1) is 12.2 Å². The van der Waals surface area contributed by atoms with Crippen molar-refractivity contribution in [2.24, 2.45) is 0 Å². The molecule has 9 nitrogen and oxygen atoms in total. The molecule has 0 bridgehead atoms. The van der Waals surface area contributed by atoms with Crippen LogP contribution in [0.2, 0.25) is 5.02 Å². The van der Waals surface area contributed by atoms with E-state index >= 15 is 0 Å². The number of nitrogens with zero attached hydrogens (tertiary/aromatic N) is 2. The molecule has 1 aliphatic rings. The number of carbonyl (C=O) groups excluding carboxylic acids is 1. The monoisotopic (exact) mass is 518 g/mol. The lowest BCUT2D eigenvalue weighted by molar-refractivity contribution is 0.0693. The second-order valence-electron chi connectivity index (χ2n) is 7.74. The molecule has 2 aromatic rings. The predicted octanol–water partition coefficient (Wildman–Crippen LogP) is 3.71. The average Bonchev–Trinajstić information content (AvgIpc) is 3.39. The SMILES string of the molecule is O=C(NCCCCN1CCCC1CO)Nc1snc(OCc2c(F)cc(Cl)cc2F)c1C(=O)O. The molecule has 1 aliphatic heterocycles. The average molecular weight is 519 g/mol. The van der Waals surface area contributed by atoms with Crippen LogP contribution in [-0.4, -0.2) is 63.8 Å². The zero-order chi connectivity index (χ0) is 24.7. The zero-order valence-corrected chi connectivity index (χ0v) is 19.7. The van der Waals surface area contributed by atoms with E-state index in [-0.39, 0.29) is 28.6 Å². The van der Waals surface area contributed by atoms with Crippen LogP contribution in [0.3, 0.4) is 0 Å². The van der Waals surface area contributed by atoms with Gasteiger partial charge in [-0.1, -0.05) is 11.6 Å². The van der Waals surface area contributed by atoms with Crippen molar-refractivity contribution in [3.05, 3.63) is 39.9 Å². The molecule has 1 aromatic heterocycles. The van der Waals surface area contributed by atoms with Gasteiger partial charge in [0.2, 0.25) is 5.88 Å². The number of unbranched alkanes of at least 4 members (excludes halogenated alkanes) is 1. The molecule has 0 saturated carbocycles. The van der Waals surface area contributed by atoms with E-state index in [2.05, 4.69) is 19.9 Å². The summed E-state index contributed by atoms with van der Waals surface area (Å²) in [6.07, 6.45) is 3.62. The van der Waals surface area contributed by atoms with Gasteiger partial charge in [0, 0.05) is 17.6 Å². The molecule has 0 radical (unpaired) electrons. The van der Waals surface area contributed by atoms with E-state index in [1.807, 2.05) is 0 Å². The number of carboxylic acid groups (broad SMARTS) is 1. The fraction of sp³-hybridized carbons (Fsp3) is 0.476. The summed E-state index contributed by atoms with van der Waals surface area (Å²) in [4.78, 5) is 26.1. The van der Waals surface area contributed by atoms with Crippen LogP contribution in [0.5, 0.6) is 5.88 Å². The summed E-state index contributed by atoms with van der Waals surface area (Å²) >= 11 is 6.26. The molecule has 1 unspecified atom stereocenters. The van der Waals surface area contributed by atoms with Crippen molar-refractivity contribution in [1.82, 2.24) is 14.6 Å². The number of likely N-dealkylation sites (tertiary alicyclic amines) is 1. The molecule has 2 amide bonds. The number of hydrogen-bond donors (Lipinski definition) is 4. The van der Waals surface area contributed by atoms with E-state index < -0.39 is 41.4 Å². The van der Waals surface area contributed by atoms with Crippen LogP contribution in [0.4, 0.5) is 18.6 Å². The predicted molar refractivity (Wildman–Crippen MR) is 123 cm³/mol. The van der Waals surface area contributed by atoms with Gasteiger partial charge in [-0.2, -0.15) is 4.37 Å². The number of amides is 2. The summed E-state index contributed by atoms with van der Waals surface area (Å²) in [5, 5.41) is 23.7. The minimum absolute atomic E-state index is 0.0695. The number of benzene rings is 1. The van der Waals surface area contributed by atoms with Gasteiger partial charge in [-0.3, -0.25) is 10.2 Å². The van der Waals surface area contributed by atoms with E-state index in [0.717, 1.165) is 44.5 Å². The Bertz CT molecular complexity index is 1000. The number of urea groups is 1. The van der Waals surface area contributed by atoms with Gasteiger partial charge in [0.25, 0.3) is 0 Å². The number of hydrogen-bond acceptors (Lipinski definition) is 7. The van der Waals surface area contributed by atoms with Gasteiger partial charge in [-0.05, 0) is 62.4 Å². The standard InChI is InChI=1S/C21H25ClF2N4O5S/c22-12-8-15(23)14(16(24)9-12)11-33-18-17(20(30)31)19(34-27-18)26-21(32)25-5-1-2-6-28-7-3-4-13(28)10-29/h8-9,13,29H,1-7,10-11H2,(H,30,31)(H2,25,26,32). The molecule has 1 atom stereocenters.